The van der Waals surface area contributed by atoms with Crippen LogP contribution in [0.15, 0.2) is 18.2 Å². The number of halogens is 3. The normalized spacial score (nSPS) is 20.1. The first-order chi connectivity index (χ1) is 15.5. The third-order valence-electron chi connectivity index (χ3n) is 6.29. The number of nitro benzene ring substituents is 1. The molecule has 2 heterocycles. The predicted molar refractivity (Wildman–Crippen MR) is 116 cm³/mol. The van der Waals surface area contributed by atoms with Gasteiger partial charge in [-0.15, -0.1) is 0 Å². The van der Waals surface area contributed by atoms with Crippen molar-refractivity contribution in [3.05, 3.63) is 33.9 Å². The molecule has 0 radical (unpaired) electrons. The molecule has 0 spiro atoms. The Morgan fingerprint density at radius 2 is 1.82 bits per heavy atom. The minimum Gasteiger partial charge on any atom is -0.366 e. The summed E-state index contributed by atoms with van der Waals surface area (Å²) in [4.78, 5) is 39.1. The quantitative estimate of drug-likeness (QED) is 0.524. The largest absolute Gasteiger partial charge is 0.416 e. The van der Waals surface area contributed by atoms with Crippen molar-refractivity contribution in [1.29, 1.82) is 0 Å². The van der Waals surface area contributed by atoms with Gasteiger partial charge in [-0.05, 0) is 37.8 Å². The molecule has 2 aliphatic heterocycles. The number of carbonyl (C=O) groups excluding carboxylic acids is 2. The first-order valence-corrected chi connectivity index (χ1v) is 11.2. The fourth-order valence-corrected chi connectivity index (χ4v) is 4.40. The molecule has 1 atom stereocenters. The number of alkyl halides is 3. The Kier molecular flexibility index (Phi) is 7.48. The monoisotopic (exact) mass is 470 g/mol. The molecular weight excluding hydrogens is 441 g/mol. The van der Waals surface area contributed by atoms with Crippen molar-refractivity contribution >= 4 is 23.2 Å². The van der Waals surface area contributed by atoms with E-state index in [0.717, 1.165) is 25.0 Å². The van der Waals surface area contributed by atoms with Gasteiger partial charge < -0.3 is 15.1 Å². The molecule has 0 bridgehead atoms. The molecule has 1 unspecified atom stereocenters. The number of hydrogen-bond donors (Lipinski definition) is 1. The molecule has 1 N–H and O–H groups in total. The van der Waals surface area contributed by atoms with Gasteiger partial charge in [-0.25, -0.2) is 0 Å². The highest BCUT2D eigenvalue weighted by Gasteiger charge is 2.36. The molecule has 0 aromatic heterocycles. The Hall–Kier alpha value is -2.85. The van der Waals surface area contributed by atoms with Crippen LogP contribution in [0.5, 0.6) is 0 Å². The Bertz CT molecular complexity index is 898. The van der Waals surface area contributed by atoms with Crippen LogP contribution in [0.2, 0.25) is 0 Å². The lowest BCUT2D eigenvalue weighted by molar-refractivity contribution is -0.384. The highest BCUT2D eigenvalue weighted by Crippen LogP contribution is 2.38. The molecule has 2 amide bonds. The lowest BCUT2D eigenvalue weighted by atomic mass is 9.93. The lowest BCUT2D eigenvalue weighted by Gasteiger charge is -2.38. The SMILES string of the molecule is CC(C)C(=O)NC1CCCN(C(=O)C2CCN(c3ccc(C(F)(F)F)cc3[N+](=O)[O-])CC2)C1. The van der Waals surface area contributed by atoms with Crippen molar-refractivity contribution in [2.45, 2.75) is 51.7 Å². The van der Waals surface area contributed by atoms with Gasteiger partial charge in [-0.2, -0.15) is 13.2 Å². The average Bonchev–Trinajstić information content (AvgIpc) is 2.77. The van der Waals surface area contributed by atoms with E-state index in [2.05, 4.69) is 5.32 Å². The molecule has 0 aliphatic carbocycles. The van der Waals surface area contributed by atoms with Gasteiger partial charge in [0.15, 0.2) is 0 Å². The number of hydrogen-bond acceptors (Lipinski definition) is 5. The van der Waals surface area contributed by atoms with Crippen molar-refractivity contribution in [2.24, 2.45) is 11.8 Å². The molecular formula is C22H29F3N4O4. The summed E-state index contributed by atoms with van der Waals surface area (Å²) in [5, 5.41) is 14.4. The van der Waals surface area contributed by atoms with Gasteiger partial charge in [0.25, 0.3) is 5.69 Å². The third kappa shape index (κ3) is 5.94. The van der Waals surface area contributed by atoms with Crippen molar-refractivity contribution < 1.29 is 27.7 Å². The Balaban J connectivity index is 1.62. The minimum atomic E-state index is -4.66. The third-order valence-corrected chi connectivity index (χ3v) is 6.29. The predicted octanol–water partition coefficient (Wildman–Crippen LogP) is 3.59. The number of nitro groups is 1. The molecule has 8 nitrogen and oxygen atoms in total. The van der Waals surface area contributed by atoms with E-state index >= 15 is 0 Å². The maximum atomic E-state index is 13.1. The standard InChI is InChI=1S/C22H29F3N4O4/c1-14(2)20(30)26-17-4-3-9-28(13-17)21(31)15-7-10-27(11-8-15)18-6-5-16(22(23,24)25)12-19(18)29(32)33/h5-6,12,14-15,17H,3-4,7-11,13H2,1-2H3,(H,26,30). The number of nitrogens with one attached hydrogen (secondary N) is 1. The second-order valence-corrected chi connectivity index (χ2v) is 9.01. The van der Waals surface area contributed by atoms with Gasteiger partial charge in [0, 0.05) is 50.1 Å². The zero-order valence-corrected chi connectivity index (χ0v) is 18.7. The van der Waals surface area contributed by atoms with Crippen LogP contribution >= 0.6 is 0 Å². The first-order valence-electron chi connectivity index (χ1n) is 11.2. The smallest absolute Gasteiger partial charge is 0.366 e. The van der Waals surface area contributed by atoms with Crippen molar-refractivity contribution in [3.8, 4) is 0 Å². The molecule has 182 valence electrons. The van der Waals surface area contributed by atoms with Crippen molar-refractivity contribution in [3.63, 3.8) is 0 Å². The van der Waals surface area contributed by atoms with Crippen LogP contribution in [0.1, 0.15) is 45.1 Å². The molecule has 1 aromatic carbocycles. The first kappa shape index (κ1) is 24.8. The Labute approximate surface area is 190 Å². The summed E-state index contributed by atoms with van der Waals surface area (Å²) in [6.45, 7) is 5.39. The molecule has 11 heteroatoms. The number of anilines is 1. The van der Waals surface area contributed by atoms with Crippen LogP contribution in [0.25, 0.3) is 0 Å². The molecule has 3 rings (SSSR count). The van der Waals surface area contributed by atoms with Crippen LogP contribution in [0, 0.1) is 22.0 Å². The maximum absolute atomic E-state index is 13.1. The zero-order chi connectivity index (χ0) is 24.3. The van der Waals surface area contributed by atoms with Gasteiger partial charge in [0.05, 0.1) is 10.5 Å². The topological polar surface area (TPSA) is 95.8 Å². The summed E-state index contributed by atoms with van der Waals surface area (Å²) < 4.78 is 38.9. The van der Waals surface area contributed by atoms with Crippen molar-refractivity contribution in [2.75, 3.05) is 31.1 Å². The number of benzene rings is 1. The number of amides is 2. The Morgan fingerprint density at radius 1 is 1.15 bits per heavy atom. The summed E-state index contributed by atoms with van der Waals surface area (Å²) in [5.74, 6) is -0.426. The van der Waals surface area contributed by atoms with Crippen LogP contribution in [-0.4, -0.2) is 53.9 Å². The van der Waals surface area contributed by atoms with Gasteiger partial charge in [-0.1, -0.05) is 13.8 Å². The number of likely N-dealkylation sites (tertiary alicyclic amines) is 1. The highest BCUT2D eigenvalue weighted by molar-refractivity contribution is 5.80. The fraction of sp³-hybridized carbons (Fsp3) is 0.636. The summed E-state index contributed by atoms with van der Waals surface area (Å²) in [6.07, 6.45) is -2.14. The number of nitrogens with zero attached hydrogens (tertiary/aromatic N) is 3. The number of carbonyl (C=O) groups is 2. The van der Waals surface area contributed by atoms with Gasteiger partial charge >= 0.3 is 6.18 Å². The van der Waals surface area contributed by atoms with E-state index in [1.165, 1.54) is 0 Å². The van der Waals surface area contributed by atoms with Gasteiger partial charge in [-0.3, -0.25) is 19.7 Å². The molecule has 2 saturated heterocycles. The number of piperidine rings is 2. The van der Waals surface area contributed by atoms with Crippen molar-refractivity contribution in [1.82, 2.24) is 10.2 Å². The van der Waals surface area contributed by atoms with E-state index in [4.69, 9.17) is 0 Å². The molecule has 33 heavy (non-hydrogen) atoms. The molecule has 2 fully saturated rings. The van der Waals surface area contributed by atoms with E-state index in [9.17, 15) is 32.9 Å². The summed E-state index contributed by atoms with van der Waals surface area (Å²) in [5.41, 5.74) is -1.52. The zero-order valence-electron chi connectivity index (χ0n) is 18.7. The lowest BCUT2D eigenvalue weighted by Crippen LogP contribution is -2.52. The van der Waals surface area contributed by atoms with Gasteiger partial charge in [0.2, 0.25) is 11.8 Å². The summed E-state index contributed by atoms with van der Waals surface area (Å²) >= 11 is 0. The van der Waals surface area contributed by atoms with Crippen LogP contribution < -0.4 is 10.2 Å². The second-order valence-electron chi connectivity index (χ2n) is 9.01. The fourth-order valence-electron chi connectivity index (χ4n) is 4.40. The van der Waals surface area contributed by atoms with E-state index in [-0.39, 0.29) is 35.4 Å². The summed E-state index contributed by atoms with van der Waals surface area (Å²) in [7, 11) is 0. The van der Waals surface area contributed by atoms with E-state index in [1.54, 1.807) is 9.80 Å². The van der Waals surface area contributed by atoms with E-state index < -0.39 is 22.4 Å². The van der Waals surface area contributed by atoms with Crippen LogP contribution in [0.3, 0.4) is 0 Å². The second kappa shape index (κ2) is 9.96. The van der Waals surface area contributed by atoms with E-state index in [0.29, 0.717) is 45.1 Å². The average molecular weight is 470 g/mol. The van der Waals surface area contributed by atoms with Gasteiger partial charge in [0.1, 0.15) is 5.69 Å². The van der Waals surface area contributed by atoms with Crippen LogP contribution in [0.4, 0.5) is 24.5 Å². The highest BCUT2D eigenvalue weighted by atomic mass is 19.4. The Morgan fingerprint density at radius 3 is 2.39 bits per heavy atom. The minimum absolute atomic E-state index is 0.0000602. The van der Waals surface area contributed by atoms with Crippen LogP contribution in [-0.2, 0) is 15.8 Å². The number of rotatable bonds is 5. The summed E-state index contributed by atoms with van der Waals surface area (Å²) in [6, 6.07) is 2.47. The molecule has 2 aliphatic rings. The van der Waals surface area contributed by atoms with E-state index in [1.807, 2.05) is 13.8 Å². The molecule has 0 saturated carbocycles. The molecule has 1 aromatic rings. The maximum Gasteiger partial charge on any atom is 0.416 e.